The third kappa shape index (κ3) is 3.85. The zero-order valence-corrected chi connectivity index (χ0v) is 14.7. The molecule has 5 nitrogen and oxygen atoms in total. The molecule has 2 aromatic rings. The van der Waals surface area contributed by atoms with Crippen LogP contribution in [0.2, 0.25) is 0 Å². The smallest absolute Gasteiger partial charge is 0.229 e. The van der Waals surface area contributed by atoms with Crippen molar-refractivity contribution < 1.29 is 18.7 Å². The lowest BCUT2D eigenvalue weighted by Crippen LogP contribution is -2.28. The van der Waals surface area contributed by atoms with Crippen molar-refractivity contribution in [3.05, 3.63) is 54.3 Å². The maximum absolute atomic E-state index is 14.0. The minimum absolute atomic E-state index is 0.0299. The molecule has 1 unspecified atom stereocenters. The summed E-state index contributed by atoms with van der Waals surface area (Å²) in [5, 5.41) is 2.83. The molecule has 136 valence electrons. The highest BCUT2D eigenvalue weighted by molar-refractivity contribution is 6.04. The Balaban J connectivity index is 1.72. The Bertz CT molecular complexity index is 822. The Morgan fingerprint density at radius 1 is 1.19 bits per heavy atom. The molecule has 2 amide bonds. The van der Waals surface area contributed by atoms with Crippen molar-refractivity contribution in [2.45, 2.75) is 26.4 Å². The molecular weight excluding hydrogens is 335 g/mol. The molecule has 1 aliphatic rings. The molecule has 0 aliphatic carbocycles. The van der Waals surface area contributed by atoms with Gasteiger partial charge in [-0.25, -0.2) is 4.39 Å². The molecular formula is C20H21FN2O3. The molecule has 1 fully saturated rings. The summed E-state index contributed by atoms with van der Waals surface area (Å²) in [5.74, 6) is -0.989. The Morgan fingerprint density at radius 3 is 2.62 bits per heavy atom. The van der Waals surface area contributed by atoms with Crippen LogP contribution in [0.4, 0.5) is 15.8 Å². The topological polar surface area (TPSA) is 58.6 Å². The van der Waals surface area contributed by atoms with Crippen LogP contribution in [0.5, 0.6) is 5.75 Å². The van der Waals surface area contributed by atoms with Gasteiger partial charge in [0, 0.05) is 13.0 Å². The predicted molar refractivity (Wildman–Crippen MR) is 97.7 cm³/mol. The summed E-state index contributed by atoms with van der Waals surface area (Å²) in [6, 6.07) is 13.2. The van der Waals surface area contributed by atoms with Crippen molar-refractivity contribution in [3.63, 3.8) is 0 Å². The molecule has 0 bridgehead atoms. The Kier molecular flexibility index (Phi) is 5.21. The molecule has 0 saturated carbocycles. The van der Waals surface area contributed by atoms with Crippen molar-refractivity contribution >= 4 is 23.2 Å². The summed E-state index contributed by atoms with van der Waals surface area (Å²) < 4.78 is 19.6. The van der Waals surface area contributed by atoms with Gasteiger partial charge in [-0.2, -0.15) is 0 Å². The molecule has 26 heavy (non-hydrogen) atoms. The van der Waals surface area contributed by atoms with Gasteiger partial charge < -0.3 is 15.0 Å². The van der Waals surface area contributed by atoms with Gasteiger partial charge in [0.2, 0.25) is 11.8 Å². The number of rotatable bonds is 5. The molecule has 6 heteroatoms. The molecule has 0 radical (unpaired) electrons. The molecule has 1 atom stereocenters. The molecule has 0 aromatic heterocycles. The minimum Gasteiger partial charge on any atom is -0.489 e. The lowest BCUT2D eigenvalue weighted by molar-refractivity contribution is -0.122. The number of carbonyl (C=O) groups excluding carboxylic acids is 2. The van der Waals surface area contributed by atoms with Gasteiger partial charge in [0.1, 0.15) is 11.6 Å². The van der Waals surface area contributed by atoms with E-state index in [4.69, 9.17) is 4.74 Å². The second kappa shape index (κ2) is 7.56. The first-order valence-electron chi connectivity index (χ1n) is 8.57. The summed E-state index contributed by atoms with van der Waals surface area (Å²) in [6.45, 7) is 3.96. The summed E-state index contributed by atoms with van der Waals surface area (Å²) >= 11 is 0. The number of hydrogen-bond donors (Lipinski definition) is 1. The third-order valence-electron chi connectivity index (χ3n) is 4.15. The highest BCUT2D eigenvalue weighted by atomic mass is 19.1. The normalized spacial score (nSPS) is 16.8. The van der Waals surface area contributed by atoms with Crippen LogP contribution >= 0.6 is 0 Å². The van der Waals surface area contributed by atoms with E-state index in [0.29, 0.717) is 11.4 Å². The standard InChI is InChI=1S/C20H21FN2O3/c1-13(2)26-18-10-6-4-8-16(18)22-20(25)14-11-19(24)23(12-14)17-9-5-3-7-15(17)21/h3-10,13-14H,11-12H2,1-2H3,(H,22,25). The maximum Gasteiger partial charge on any atom is 0.229 e. The minimum atomic E-state index is -0.547. The van der Waals surface area contributed by atoms with Crippen molar-refractivity contribution in [1.82, 2.24) is 0 Å². The van der Waals surface area contributed by atoms with E-state index in [9.17, 15) is 14.0 Å². The van der Waals surface area contributed by atoms with Gasteiger partial charge in [-0.3, -0.25) is 9.59 Å². The van der Waals surface area contributed by atoms with Crippen molar-refractivity contribution in [2.24, 2.45) is 5.92 Å². The van der Waals surface area contributed by atoms with Crippen LogP contribution in [-0.4, -0.2) is 24.5 Å². The van der Waals surface area contributed by atoms with Gasteiger partial charge in [0.15, 0.2) is 0 Å². The van der Waals surface area contributed by atoms with E-state index >= 15 is 0 Å². The first-order valence-corrected chi connectivity index (χ1v) is 8.57. The number of para-hydroxylation sites is 3. The van der Waals surface area contributed by atoms with Gasteiger partial charge in [-0.05, 0) is 38.1 Å². The fourth-order valence-electron chi connectivity index (χ4n) is 2.95. The Morgan fingerprint density at radius 2 is 1.88 bits per heavy atom. The molecule has 3 rings (SSSR count). The fraction of sp³-hybridized carbons (Fsp3) is 0.300. The summed E-state index contributed by atoms with van der Waals surface area (Å²) in [5.41, 5.74) is 0.763. The van der Waals surface area contributed by atoms with Crippen LogP contribution in [0.3, 0.4) is 0 Å². The number of ether oxygens (including phenoxy) is 1. The highest BCUT2D eigenvalue weighted by Gasteiger charge is 2.36. The number of amides is 2. The summed E-state index contributed by atoms with van der Waals surface area (Å²) in [7, 11) is 0. The van der Waals surface area contributed by atoms with E-state index in [1.165, 1.54) is 11.0 Å². The average Bonchev–Trinajstić information content (AvgIpc) is 2.98. The van der Waals surface area contributed by atoms with E-state index in [0.717, 1.165) is 0 Å². The van der Waals surface area contributed by atoms with Crippen LogP contribution in [0.1, 0.15) is 20.3 Å². The van der Waals surface area contributed by atoms with Gasteiger partial charge in [0.25, 0.3) is 0 Å². The summed E-state index contributed by atoms with van der Waals surface area (Å²) in [4.78, 5) is 26.2. The van der Waals surface area contributed by atoms with E-state index in [-0.39, 0.29) is 36.6 Å². The third-order valence-corrected chi connectivity index (χ3v) is 4.15. The van der Waals surface area contributed by atoms with Gasteiger partial charge in [-0.1, -0.05) is 24.3 Å². The highest BCUT2D eigenvalue weighted by Crippen LogP contribution is 2.30. The number of anilines is 2. The van der Waals surface area contributed by atoms with E-state index in [1.54, 1.807) is 36.4 Å². The average molecular weight is 356 g/mol. The van der Waals surface area contributed by atoms with Crippen LogP contribution in [0.25, 0.3) is 0 Å². The van der Waals surface area contributed by atoms with Gasteiger partial charge in [-0.15, -0.1) is 0 Å². The quantitative estimate of drug-likeness (QED) is 0.890. The van der Waals surface area contributed by atoms with Gasteiger partial charge in [0.05, 0.1) is 23.4 Å². The summed E-state index contributed by atoms with van der Waals surface area (Å²) in [6.07, 6.45) is 0.0190. The maximum atomic E-state index is 14.0. The second-order valence-electron chi connectivity index (χ2n) is 6.51. The largest absolute Gasteiger partial charge is 0.489 e. The van der Waals surface area contributed by atoms with E-state index < -0.39 is 11.7 Å². The molecule has 1 N–H and O–H groups in total. The first kappa shape index (κ1) is 17.9. The zero-order chi connectivity index (χ0) is 18.7. The molecule has 2 aromatic carbocycles. The van der Waals surface area contributed by atoms with E-state index in [2.05, 4.69) is 5.32 Å². The van der Waals surface area contributed by atoms with Crippen LogP contribution < -0.4 is 15.0 Å². The van der Waals surface area contributed by atoms with Crippen molar-refractivity contribution in [1.29, 1.82) is 0 Å². The second-order valence-corrected chi connectivity index (χ2v) is 6.51. The molecule has 1 saturated heterocycles. The monoisotopic (exact) mass is 356 g/mol. The number of benzene rings is 2. The van der Waals surface area contributed by atoms with Crippen LogP contribution in [0, 0.1) is 11.7 Å². The molecule has 1 heterocycles. The van der Waals surface area contributed by atoms with E-state index in [1.807, 2.05) is 19.9 Å². The molecule has 0 spiro atoms. The lowest BCUT2D eigenvalue weighted by Gasteiger charge is -2.18. The number of halogens is 1. The number of carbonyl (C=O) groups is 2. The SMILES string of the molecule is CC(C)Oc1ccccc1NC(=O)C1CC(=O)N(c2ccccc2F)C1. The molecule has 1 aliphatic heterocycles. The Hall–Kier alpha value is -2.89. The van der Waals surface area contributed by atoms with Crippen LogP contribution in [-0.2, 0) is 9.59 Å². The number of hydrogen-bond acceptors (Lipinski definition) is 3. The van der Waals surface area contributed by atoms with Crippen molar-refractivity contribution in [2.75, 3.05) is 16.8 Å². The zero-order valence-electron chi connectivity index (χ0n) is 14.7. The van der Waals surface area contributed by atoms with Gasteiger partial charge >= 0.3 is 0 Å². The number of nitrogens with zero attached hydrogens (tertiary/aromatic N) is 1. The lowest BCUT2D eigenvalue weighted by atomic mass is 10.1. The van der Waals surface area contributed by atoms with Crippen molar-refractivity contribution in [3.8, 4) is 5.75 Å². The predicted octanol–water partition coefficient (Wildman–Crippen LogP) is 3.60. The fourth-order valence-corrected chi connectivity index (χ4v) is 2.95. The number of nitrogens with one attached hydrogen (secondary N) is 1. The van der Waals surface area contributed by atoms with Crippen LogP contribution in [0.15, 0.2) is 48.5 Å². The first-order chi connectivity index (χ1) is 12.5. The Labute approximate surface area is 151 Å².